The van der Waals surface area contributed by atoms with Gasteiger partial charge in [0.25, 0.3) is 0 Å². The van der Waals surface area contributed by atoms with E-state index in [4.69, 9.17) is 4.74 Å². The van der Waals surface area contributed by atoms with Gasteiger partial charge in [-0.2, -0.15) is 0 Å². The van der Waals surface area contributed by atoms with E-state index in [9.17, 15) is 0 Å². The SMILES string of the molecule is Cl.c1cc(C2CNCCN2Cc2ccc3c(c2)CCO3)ccn1. The summed E-state index contributed by atoms with van der Waals surface area (Å²) in [5.41, 5.74) is 4.07. The molecule has 1 saturated heterocycles. The second-order valence-corrected chi connectivity index (χ2v) is 6.01. The molecule has 4 nitrogen and oxygen atoms in total. The molecule has 2 aliphatic rings. The van der Waals surface area contributed by atoms with E-state index in [1.54, 1.807) is 0 Å². The van der Waals surface area contributed by atoms with Crippen LogP contribution in [0.25, 0.3) is 0 Å². The lowest BCUT2D eigenvalue weighted by Crippen LogP contribution is -2.45. The van der Waals surface area contributed by atoms with Crippen molar-refractivity contribution in [1.29, 1.82) is 0 Å². The Kier molecular flexibility index (Phi) is 5.16. The zero-order valence-electron chi connectivity index (χ0n) is 13.1. The zero-order chi connectivity index (χ0) is 14.8. The molecule has 4 rings (SSSR count). The first-order chi connectivity index (χ1) is 10.9. The van der Waals surface area contributed by atoms with Crippen molar-refractivity contribution in [2.75, 3.05) is 26.2 Å². The highest BCUT2D eigenvalue weighted by atomic mass is 35.5. The molecule has 1 atom stereocenters. The van der Waals surface area contributed by atoms with E-state index in [2.05, 4.69) is 45.5 Å². The Bertz CT molecular complexity index is 650. The number of nitrogens with zero attached hydrogens (tertiary/aromatic N) is 2. The number of hydrogen-bond donors (Lipinski definition) is 1. The number of pyridine rings is 1. The topological polar surface area (TPSA) is 37.4 Å². The summed E-state index contributed by atoms with van der Waals surface area (Å²) in [7, 11) is 0. The third-order valence-electron chi connectivity index (χ3n) is 4.58. The number of piperazine rings is 1. The van der Waals surface area contributed by atoms with Gasteiger partial charge >= 0.3 is 0 Å². The molecule has 0 spiro atoms. The summed E-state index contributed by atoms with van der Waals surface area (Å²) in [5, 5.41) is 3.51. The number of aromatic nitrogens is 1. The fourth-order valence-electron chi connectivity index (χ4n) is 3.42. The van der Waals surface area contributed by atoms with Crippen molar-refractivity contribution < 1.29 is 4.74 Å². The van der Waals surface area contributed by atoms with E-state index in [0.717, 1.165) is 45.0 Å². The minimum absolute atomic E-state index is 0. The molecule has 1 N–H and O–H groups in total. The maximum Gasteiger partial charge on any atom is 0.122 e. The Balaban J connectivity index is 0.00000156. The number of benzene rings is 1. The van der Waals surface area contributed by atoms with Gasteiger partial charge in [-0.15, -0.1) is 12.4 Å². The summed E-state index contributed by atoms with van der Waals surface area (Å²) in [4.78, 5) is 6.69. The molecule has 0 bridgehead atoms. The van der Waals surface area contributed by atoms with Crippen molar-refractivity contribution in [3.8, 4) is 5.75 Å². The first-order valence-electron chi connectivity index (χ1n) is 7.99. The molecule has 1 aromatic carbocycles. The molecule has 0 aliphatic carbocycles. The highest BCUT2D eigenvalue weighted by Gasteiger charge is 2.24. The molecule has 0 radical (unpaired) electrons. The fraction of sp³-hybridized carbons (Fsp3) is 0.389. The van der Waals surface area contributed by atoms with Gasteiger partial charge in [-0.05, 0) is 34.9 Å². The van der Waals surface area contributed by atoms with Gasteiger partial charge in [-0.1, -0.05) is 12.1 Å². The number of nitrogens with one attached hydrogen (secondary N) is 1. The molecule has 2 aliphatic heterocycles. The van der Waals surface area contributed by atoms with Crippen LogP contribution < -0.4 is 10.1 Å². The van der Waals surface area contributed by atoms with E-state index in [-0.39, 0.29) is 12.4 Å². The van der Waals surface area contributed by atoms with Gasteiger partial charge in [0.15, 0.2) is 0 Å². The van der Waals surface area contributed by atoms with Crippen molar-refractivity contribution in [3.05, 3.63) is 59.4 Å². The van der Waals surface area contributed by atoms with Gasteiger partial charge in [0, 0.05) is 51.0 Å². The van der Waals surface area contributed by atoms with Crippen LogP contribution in [0.2, 0.25) is 0 Å². The van der Waals surface area contributed by atoms with E-state index >= 15 is 0 Å². The van der Waals surface area contributed by atoms with Crippen molar-refractivity contribution in [2.24, 2.45) is 0 Å². The van der Waals surface area contributed by atoms with Gasteiger partial charge in [0.2, 0.25) is 0 Å². The number of fused-ring (bicyclic) bond motifs is 1. The predicted molar refractivity (Wildman–Crippen MR) is 93.1 cm³/mol. The molecule has 0 saturated carbocycles. The lowest BCUT2D eigenvalue weighted by Gasteiger charge is -2.36. The third kappa shape index (κ3) is 3.50. The fourth-order valence-corrected chi connectivity index (χ4v) is 3.42. The minimum Gasteiger partial charge on any atom is -0.493 e. The molecule has 3 heterocycles. The van der Waals surface area contributed by atoms with Crippen molar-refractivity contribution in [2.45, 2.75) is 19.0 Å². The van der Waals surface area contributed by atoms with Crippen LogP contribution in [-0.4, -0.2) is 36.1 Å². The molecular formula is C18H22ClN3O. The summed E-state index contributed by atoms with van der Waals surface area (Å²) in [6, 6.07) is 11.3. The Hall–Kier alpha value is -1.62. The molecule has 5 heteroatoms. The summed E-state index contributed by atoms with van der Waals surface area (Å²) < 4.78 is 5.60. The summed E-state index contributed by atoms with van der Waals surface area (Å²) in [5.74, 6) is 1.06. The lowest BCUT2D eigenvalue weighted by molar-refractivity contribution is 0.153. The maximum absolute atomic E-state index is 5.60. The van der Waals surface area contributed by atoms with Crippen molar-refractivity contribution in [3.63, 3.8) is 0 Å². The molecular weight excluding hydrogens is 310 g/mol. The van der Waals surface area contributed by atoms with Crippen LogP contribution in [0.1, 0.15) is 22.7 Å². The van der Waals surface area contributed by atoms with E-state index in [1.165, 1.54) is 16.7 Å². The van der Waals surface area contributed by atoms with Gasteiger partial charge in [0.05, 0.1) is 6.61 Å². The van der Waals surface area contributed by atoms with Crippen LogP contribution in [0.5, 0.6) is 5.75 Å². The molecule has 1 unspecified atom stereocenters. The molecule has 23 heavy (non-hydrogen) atoms. The molecule has 1 fully saturated rings. The quantitative estimate of drug-likeness (QED) is 0.938. The molecule has 0 amide bonds. The Labute approximate surface area is 143 Å². The lowest BCUT2D eigenvalue weighted by atomic mass is 10.0. The van der Waals surface area contributed by atoms with Crippen molar-refractivity contribution in [1.82, 2.24) is 15.2 Å². The average Bonchev–Trinajstić information content (AvgIpc) is 3.04. The maximum atomic E-state index is 5.60. The molecule has 122 valence electrons. The second kappa shape index (κ2) is 7.30. The molecule has 1 aromatic heterocycles. The van der Waals surface area contributed by atoms with Crippen LogP contribution in [0.15, 0.2) is 42.7 Å². The van der Waals surface area contributed by atoms with Crippen LogP contribution >= 0.6 is 12.4 Å². The third-order valence-corrected chi connectivity index (χ3v) is 4.58. The van der Waals surface area contributed by atoms with Crippen LogP contribution in [-0.2, 0) is 13.0 Å². The average molecular weight is 332 g/mol. The van der Waals surface area contributed by atoms with E-state index in [0.29, 0.717) is 6.04 Å². The summed E-state index contributed by atoms with van der Waals surface area (Å²) in [6.07, 6.45) is 4.81. The number of rotatable bonds is 3. The van der Waals surface area contributed by atoms with Gasteiger partial charge in [-0.25, -0.2) is 0 Å². The first kappa shape index (κ1) is 16.2. The largest absolute Gasteiger partial charge is 0.493 e. The van der Waals surface area contributed by atoms with Crippen LogP contribution in [0.4, 0.5) is 0 Å². The zero-order valence-corrected chi connectivity index (χ0v) is 13.9. The summed E-state index contributed by atoms with van der Waals surface area (Å²) >= 11 is 0. The Morgan fingerprint density at radius 2 is 2.09 bits per heavy atom. The second-order valence-electron chi connectivity index (χ2n) is 6.01. The smallest absolute Gasteiger partial charge is 0.122 e. The molecule has 2 aromatic rings. The van der Waals surface area contributed by atoms with Crippen molar-refractivity contribution >= 4 is 12.4 Å². The summed E-state index contributed by atoms with van der Waals surface area (Å²) in [6.45, 7) is 4.93. The van der Waals surface area contributed by atoms with Gasteiger partial charge < -0.3 is 10.1 Å². The number of ether oxygens (including phenoxy) is 1. The van der Waals surface area contributed by atoms with Crippen LogP contribution in [0, 0.1) is 0 Å². The van der Waals surface area contributed by atoms with Gasteiger partial charge in [-0.3, -0.25) is 9.88 Å². The first-order valence-corrected chi connectivity index (χ1v) is 7.99. The van der Waals surface area contributed by atoms with Gasteiger partial charge in [0.1, 0.15) is 5.75 Å². The highest BCUT2D eigenvalue weighted by molar-refractivity contribution is 5.85. The highest BCUT2D eigenvalue weighted by Crippen LogP contribution is 2.28. The monoisotopic (exact) mass is 331 g/mol. The van der Waals surface area contributed by atoms with Crippen LogP contribution in [0.3, 0.4) is 0 Å². The number of halogens is 1. The Morgan fingerprint density at radius 1 is 1.22 bits per heavy atom. The number of hydrogen-bond acceptors (Lipinski definition) is 4. The Morgan fingerprint density at radius 3 is 2.96 bits per heavy atom. The predicted octanol–water partition coefficient (Wildman–Crippen LogP) is 2.58. The van der Waals surface area contributed by atoms with E-state index < -0.39 is 0 Å². The minimum atomic E-state index is 0. The van der Waals surface area contributed by atoms with E-state index in [1.807, 2.05) is 12.4 Å². The normalized spacial score (nSPS) is 20.4. The standard InChI is InChI=1S/C18H21N3O.ClH/c1-2-18-16(5-10-22-18)11-14(1)13-21-9-8-20-12-17(21)15-3-6-19-7-4-15;/h1-4,6-7,11,17,20H,5,8-10,12-13H2;1H.